The second kappa shape index (κ2) is 12.5. The first kappa shape index (κ1) is 24.9. The maximum absolute atomic E-state index is 12.5. The zero-order chi connectivity index (χ0) is 24.3. The average Bonchev–Trinajstić information content (AvgIpc) is 2.85. The second-order valence-corrected chi connectivity index (χ2v) is 7.49. The molecule has 0 saturated carbocycles. The minimum absolute atomic E-state index is 0.368. The molecule has 3 aromatic rings. The normalized spacial score (nSPS) is 10.7. The predicted molar refractivity (Wildman–Crippen MR) is 133 cm³/mol. The number of rotatable bonds is 11. The zero-order valence-corrected chi connectivity index (χ0v) is 20.1. The van der Waals surface area contributed by atoms with Crippen LogP contribution in [0, 0.1) is 0 Å². The van der Waals surface area contributed by atoms with Crippen molar-refractivity contribution >= 4 is 23.7 Å². The molecule has 8 heteroatoms. The van der Waals surface area contributed by atoms with Crippen LogP contribution in [0.4, 0.5) is 0 Å². The Labute approximate surface area is 204 Å². The van der Waals surface area contributed by atoms with Crippen molar-refractivity contribution in [3.63, 3.8) is 0 Å². The van der Waals surface area contributed by atoms with E-state index in [4.69, 9.17) is 30.5 Å². The van der Waals surface area contributed by atoms with Crippen LogP contribution in [0.15, 0.2) is 65.8 Å². The number of benzene rings is 3. The smallest absolute Gasteiger partial charge is 0.271 e. The van der Waals surface area contributed by atoms with Crippen molar-refractivity contribution in [2.75, 3.05) is 20.3 Å². The molecule has 0 fully saturated rings. The fraction of sp³-hybridized carbons (Fsp3) is 0.231. The highest BCUT2D eigenvalue weighted by atomic mass is 35.5. The summed E-state index contributed by atoms with van der Waals surface area (Å²) in [5, 5.41) is 4.74. The Morgan fingerprint density at radius 3 is 2.24 bits per heavy atom. The summed E-state index contributed by atoms with van der Waals surface area (Å²) in [6, 6.07) is 17.8. The standard InChI is InChI=1S/C26H27ClN2O5/c1-4-32-24-14-19(8-12-23(24)34-17-18-6-10-21(27)11-7-18)16-28-29-26(30)20-9-13-22(31-3)25(15-20)33-5-2/h6-16H,4-5,17H2,1-3H3,(H,29,30)/b28-16+. The van der Waals surface area contributed by atoms with Crippen molar-refractivity contribution in [1.29, 1.82) is 0 Å². The average molecular weight is 483 g/mol. The molecule has 0 aliphatic heterocycles. The Bertz CT molecular complexity index is 1130. The van der Waals surface area contributed by atoms with E-state index in [0.29, 0.717) is 53.4 Å². The summed E-state index contributed by atoms with van der Waals surface area (Å²) in [5.41, 5.74) is 4.66. The van der Waals surface area contributed by atoms with Gasteiger partial charge in [-0.3, -0.25) is 4.79 Å². The van der Waals surface area contributed by atoms with Gasteiger partial charge in [0.15, 0.2) is 23.0 Å². The fourth-order valence-electron chi connectivity index (χ4n) is 3.05. The van der Waals surface area contributed by atoms with Gasteiger partial charge in [-0.15, -0.1) is 0 Å². The summed E-state index contributed by atoms with van der Waals surface area (Å²) in [6.45, 7) is 5.08. The molecule has 0 saturated heterocycles. The van der Waals surface area contributed by atoms with E-state index >= 15 is 0 Å². The van der Waals surface area contributed by atoms with E-state index in [9.17, 15) is 4.79 Å². The molecule has 1 N–H and O–H groups in total. The number of ether oxygens (including phenoxy) is 4. The summed E-state index contributed by atoms with van der Waals surface area (Å²) in [6.07, 6.45) is 1.54. The molecule has 0 unspecified atom stereocenters. The van der Waals surface area contributed by atoms with Gasteiger partial charge in [0, 0.05) is 10.6 Å². The van der Waals surface area contributed by atoms with Crippen molar-refractivity contribution in [3.8, 4) is 23.0 Å². The lowest BCUT2D eigenvalue weighted by Gasteiger charge is -2.13. The van der Waals surface area contributed by atoms with E-state index in [1.165, 1.54) is 6.21 Å². The van der Waals surface area contributed by atoms with Gasteiger partial charge in [0.2, 0.25) is 0 Å². The van der Waals surface area contributed by atoms with Crippen LogP contribution in [0.2, 0.25) is 5.02 Å². The van der Waals surface area contributed by atoms with E-state index in [1.807, 2.05) is 50.2 Å². The summed E-state index contributed by atoms with van der Waals surface area (Å²) in [5.74, 6) is 1.89. The van der Waals surface area contributed by atoms with E-state index in [0.717, 1.165) is 11.1 Å². The number of nitrogens with zero attached hydrogens (tertiary/aromatic N) is 1. The Hall–Kier alpha value is -3.71. The third-order valence-corrected chi connectivity index (χ3v) is 4.93. The van der Waals surface area contributed by atoms with E-state index < -0.39 is 0 Å². The molecule has 0 atom stereocenters. The molecular formula is C26H27ClN2O5. The maximum atomic E-state index is 12.5. The number of halogens is 1. The van der Waals surface area contributed by atoms with Crippen LogP contribution >= 0.6 is 11.6 Å². The lowest BCUT2D eigenvalue weighted by atomic mass is 10.2. The minimum atomic E-state index is -0.368. The highest BCUT2D eigenvalue weighted by molar-refractivity contribution is 6.30. The number of carbonyl (C=O) groups is 1. The number of nitrogens with one attached hydrogen (secondary N) is 1. The van der Waals surface area contributed by atoms with Gasteiger partial charge >= 0.3 is 0 Å². The van der Waals surface area contributed by atoms with Crippen LogP contribution in [0.3, 0.4) is 0 Å². The minimum Gasteiger partial charge on any atom is -0.493 e. The molecule has 0 aliphatic carbocycles. The SMILES string of the molecule is CCOc1cc(C(=O)N/N=C/c2ccc(OCc3ccc(Cl)cc3)c(OCC)c2)ccc1OC. The second-order valence-electron chi connectivity index (χ2n) is 7.05. The molecule has 7 nitrogen and oxygen atoms in total. The molecule has 3 aromatic carbocycles. The molecule has 3 rings (SSSR count). The largest absolute Gasteiger partial charge is 0.493 e. The van der Waals surface area contributed by atoms with E-state index in [1.54, 1.807) is 31.4 Å². The van der Waals surface area contributed by atoms with Crippen molar-refractivity contribution in [2.24, 2.45) is 5.10 Å². The van der Waals surface area contributed by atoms with Crippen LogP contribution in [0.25, 0.3) is 0 Å². The van der Waals surface area contributed by atoms with Crippen LogP contribution in [0.5, 0.6) is 23.0 Å². The monoisotopic (exact) mass is 482 g/mol. The third-order valence-electron chi connectivity index (χ3n) is 4.68. The zero-order valence-electron chi connectivity index (χ0n) is 19.3. The highest BCUT2D eigenvalue weighted by Crippen LogP contribution is 2.29. The van der Waals surface area contributed by atoms with Gasteiger partial charge in [0.05, 0.1) is 26.5 Å². The van der Waals surface area contributed by atoms with Crippen molar-refractivity contribution < 1.29 is 23.7 Å². The van der Waals surface area contributed by atoms with Gasteiger partial charge in [-0.25, -0.2) is 5.43 Å². The molecular weight excluding hydrogens is 456 g/mol. The number of hydrogen-bond acceptors (Lipinski definition) is 6. The summed E-state index contributed by atoms with van der Waals surface area (Å²) in [4.78, 5) is 12.5. The molecule has 1 amide bonds. The fourth-order valence-corrected chi connectivity index (χ4v) is 3.18. The van der Waals surface area contributed by atoms with Gasteiger partial charge in [-0.1, -0.05) is 23.7 Å². The Kier molecular flexibility index (Phi) is 9.17. The molecule has 0 heterocycles. The molecule has 0 radical (unpaired) electrons. The molecule has 0 spiro atoms. The van der Waals surface area contributed by atoms with E-state index in [-0.39, 0.29) is 5.91 Å². The summed E-state index contributed by atoms with van der Waals surface area (Å²) >= 11 is 5.93. The molecule has 0 aromatic heterocycles. The van der Waals surface area contributed by atoms with Gasteiger partial charge < -0.3 is 18.9 Å². The molecule has 34 heavy (non-hydrogen) atoms. The van der Waals surface area contributed by atoms with Gasteiger partial charge in [-0.2, -0.15) is 5.10 Å². The number of hydrogen-bond donors (Lipinski definition) is 1. The Morgan fingerprint density at radius 2 is 1.56 bits per heavy atom. The first-order valence-corrected chi connectivity index (χ1v) is 11.2. The summed E-state index contributed by atoms with van der Waals surface area (Å²) in [7, 11) is 1.55. The van der Waals surface area contributed by atoms with Gasteiger partial charge in [0.1, 0.15) is 6.61 Å². The highest BCUT2D eigenvalue weighted by Gasteiger charge is 2.11. The van der Waals surface area contributed by atoms with E-state index in [2.05, 4.69) is 10.5 Å². The Balaban J connectivity index is 1.65. The Morgan fingerprint density at radius 1 is 0.882 bits per heavy atom. The van der Waals surface area contributed by atoms with Crippen molar-refractivity contribution in [2.45, 2.75) is 20.5 Å². The first-order chi connectivity index (χ1) is 16.5. The number of hydrazone groups is 1. The first-order valence-electron chi connectivity index (χ1n) is 10.8. The molecule has 0 aliphatic rings. The van der Waals surface area contributed by atoms with Gasteiger partial charge in [0.25, 0.3) is 5.91 Å². The third kappa shape index (κ3) is 6.89. The predicted octanol–water partition coefficient (Wildman–Crippen LogP) is 5.49. The number of methoxy groups -OCH3 is 1. The lowest BCUT2D eigenvalue weighted by Crippen LogP contribution is -2.17. The topological polar surface area (TPSA) is 78.4 Å². The van der Waals surface area contributed by atoms with Crippen LogP contribution in [-0.2, 0) is 6.61 Å². The van der Waals surface area contributed by atoms with Crippen LogP contribution < -0.4 is 24.4 Å². The van der Waals surface area contributed by atoms with Crippen molar-refractivity contribution in [3.05, 3.63) is 82.4 Å². The summed E-state index contributed by atoms with van der Waals surface area (Å²) < 4.78 is 22.4. The molecule has 178 valence electrons. The lowest BCUT2D eigenvalue weighted by molar-refractivity contribution is 0.0954. The molecule has 0 bridgehead atoms. The number of amides is 1. The quantitative estimate of drug-likeness (QED) is 0.289. The van der Waals surface area contributed by atoms with Crippen molar-refractivity contribution in [1.82, 2.24) is 5.43 Å². The number of carbonyl (C=O) groups excluding carboxylic acids is 1. The van der Waals surface area contributed by atoms with Crippen LogP contribution in [0.1, 0.15) is 35.3 Å². The van der Waals surface area contributed by atoms with Crippen LogP contribution in [-0.4, -0.2) is 32.4 Å². The van der Waals surface area contributed by atoms with Gasteiger partial charge in [-0.05, 0) is 73.5 Å². The maximum Gasteiger partial charge on any atom is 0.271 e.